The Balaban J connectivity index is 2.26. The first kappa shape index (κ1) is 15.8. The molecule has 1 atom stereocenters. The van der Waals surface area contributed by atoms with Crippen molar-refractivity contribution in [3.8, 4) is 0 Å². The van der Waals surface area contributed by atoms with Gasteiger partial charge in [0.25, 0.3) is 0 Å². The molecule has 3 heteroatoms. The van der Waals surface area contributed by atoms with Crippen LogP contribution in [-0.4, -0.2) is 16.1 Å². The Labute approximate surface area is 128 Å². The van der Waals surface area contributed by atoms with E-state index in [1.807, 2.05) is 6.20 Å². The zero-order valence-corrected chi connectivity index (χ0v) is 13.7. The van der Waals surface area contributed by atoms with Gasteiger partial charge in [0, 0.05) is 31.4 Å². The van der Waals surface area contributed by atoms with E-state index < -0.39 is 0 Å². The summed E-state index contributed by atoms with van der Waals surface area (Å²) in [6.07, 6.45) is 6.08. The summed E-state index contributed by atoms with van der Waals surface area (Å²) in [5.74, 6) is 1.17. The number of aromatic nitrogens is 2. The molecule has 21 heavy (non-hydrogen) atoms. The van der Waals surface area contributed by atoms with Crippen molar-refractivity contribution < 1.29 is 0 Å². The molecule has 114 valence electrons. The van der Waals surface area contributed by atoms with Gasteiger partial charge in [-0.3, -0.25) is 0 Å². The van der Waals surface area contributed by atoms with Crippen LogP contribution in [0.25, 0.3) is 0 Å². The molecule has 1 aromatic carbocycles. The van der Waals surface area contributed by atoms with E-state index in [9.17, 15) is 0 Å². The summed E-state index contributed by atoms with van der Waals surface area (Å²) < 4.78 is 2.27. The number of benzene rings is 1. The molecule has 1 N–H and O–H groups in total. The van der Waals surface area contributed by atoms with E-state index in [-0.39, 0.29) is 0 Å². The quantitative estimate of drug-likeness (QED) is 0.838. The number of imidazole rings is 1. The summed E-state index contributed by atoms with van der Waals surface area (Å²) in [4.78, 5) is 4.56. The maximum Gasteiger partial charge on any atom is 0.110 e. The third kappa shape index (κ3) is 3.73. The summed E-state index contributed by atoms with van der Waals surface area (Å²) in [5, 5.41) is 3.62. The summed E-state index contributed by atoms with van der Waals surface area (Å²) in [6, 6.07) is 6.90. The van der Waals surface area contributed by atoms with Gasteiger partial charge >= 0.3 is 0 Å². The van der Waals surface area contributed by atoms with Gasteiger partial charge in [0.15, 0.2) is 0 Å². The van der Waals surface area contributed by atoms with E-state index in [4.69, 9.17) is 0 Å². The van der Waals surface area contributed by atoms with Crippen LogP contribution in [0.4, 0.5) is 0 Å². The fourth-order valence-electron chi connectivity index (χ4n) is 2.85. The standard InChI is InChI=1S/C18H27N3/c1-5-11-21-12-10-20-18(21)13-17(19-6-2)16-9-7-8-14(3)15(16)4/h7-10,12,17,19H,5-6,11,13H2,1-4H3. The van der Waals surface area contributed by atoms with Crippen molar-refractivity contribution in [3.63, 3.8) is 0 Å². The first-order valence-electron chi connectivity index (χ1n) is 7.96. The number of hydrogen-bond acceptors (Lipinski definition) is 2. The zero-order valence-electron chi connectivity index (χ0n) is 13.7. The molecule has 0 saturated heterocycles. The number of nitrogens with one attached hydrogen (secondary N) is 1. The van der Waals surface area contributed by atoms with E-state index in [1.54, 1.807) is 0 Å². The molecule has 0 aliphatic heterocycles. The molecule has 1 unspecified atom stereocenters. The monoisotopic (exact) mass is 285 g/mol. The molecule has 0 spiro atoms. The van der Waals surface area contributed by atoms with Crippen molar-refractivity contribution >= 4 is 0 Å². The highest BCUT2D eigenvalue weighted by atomic mass is 15.1. The molecule has 0 radical (unpaired) electrons. The van der Waals surface area contributed by atoms with Crippen LogP contribution in [-0.2, 0) is 13.0 Å². The Bertz CT molecular complexity index is 572. The molecule has 1 heterocycles. The van der Waals surface area contributed by atoms with Crippen LogP contribution in [0.5, 0.6) is 0 Å². The predicted octanol–water partition coefficient (Wildman–Crippen LogP) is 3.80. The second kappa shape index (κ2) is 7.41. The van der Waals surface area contributed by atoms with Gasteiger partial charge in [0.05, 0.1) is 0 Å². The highest BCUT2D eigenvalue weighted by Gasteiger charge is 2.16. The van der Waals surface area contributed by atoms with Crippen molar-refractivity contribution in [2.45, 2.75) is 53.1 Å². The highest BCUT2D eigenvalue weighted by Crippen LogP contribution is 2.23. The first-order valence-corrected chi connectivity index (χ1v) is 7.96. The Kier molecular flexibility index (Phi) is 5.57. The summed E-state index contributed by atoms with van der Waals surface area (Å²) in [7, 11) is 0. The number of rotatable bonds is 7. The molecular weight excluding hydrogens is 258 g/mol. The van der Waals surface area contributed by atoms with Crippen LogP contribution in [0.3, 0.4) is 0 Å². The Morgan fingerprint density at radius 3 is 2.76 bits per heavy atom. The highest BCUT2D eigenvalue weighted by molar-refractivity contribution is 5.35. The van der Waals surface area contributed by atoms with Crippen LogP contribution in [0, 0.1) is 13.8 Å². The van der Waals surface area contributed by atoms with E-state index in [0.29, 0.717) is 6.04 Å². The van der Waals surface area contributed by atoms with E-state index in [0.717, 1.165) is 25.9 Å². The summed E-state index contributed by atoms with van der Waals surface area (Å²) in [6.45, 7) is 10.8. The number of likely N-dealkylation sites (N-methyl/N-ethyl adjacent to an activating group) is 1. The Hall–Kier alpha value is -1.61. The smallest absolute Gasteiger partial charge is 0.110 e. The van der Waals surface area contributed by atoms with Crippen molar-refractivity contribution in [3.05, 3.63) is 53.1 Å². The topological polar surface area (TPSA) is 29.9 Å². The largest absolute Gasteiger partial charge is 0.335 e. The second-order valence-corrected chi connectivity index (χ2v) is 5.64. The molecule has 3 nitrogen and oxygen atoms in total. The third-order valence-electron chi connectivity index (χ3n) is 4.13. The van der Waals surface area contributed by atoms with Crippen LogP contribution in [0.15, 0.2) is 30.6 Å². The lowest BCUT2D eigenvalue weighted by molar-refractivity contribution is 0.514. The van der Waals surface area contributed by atoms with E-state index >= 15 is 0 Å². The lowest BCUT2D eigenvalue weighted by Crippen LogP contribution is -2.25. The van der Waals surface area contributed by atoms with Gasteiger partial charge < -0.3 is 9.88 Å². The normalized spacial score (nSPS) is 12.6. The molecule has 0 bridgehead atoms. The maximum atomic E-state index is 4.56. The SMILES string of the molecule is CCCn1ccnc1CC(NCC)c1cccc(C)c1C. The van der Waals surface area contributed by atoms with Gasteiger partial charge in [0.2, 0.25) is 0 Å². The third-order valence-corrected chi connectivity index (χ3v) is 4.13. The molecular formula is C18H27N3. The van der Waals surface area contributed by atoms with Gasteiger partial charge in [-0.25, -0.2) is 4.98 Å². The lowest BCUT2D eigenvalue weighted by Gasteiger charge is -2.21. The fourth-order valence-corrected chi connectivity index (χ4v) is 2.85. The van der Waals surface area contributed by atoms with Gasteiger partial charge in [-0.05, 0) is 43.5 Å². The maximum absolute atomic E-state index is 4.56. The van der Waals surface area contributed by atoms with E-state index in [1.165, 1.54) is 22.5 Å². The molecule has 0 fully saturated rings. The van der Waals surface area contributed by atoms with Crippen LogP contribution in [0.2, 0.25) is 0 Å². The number of aryl methyl sites for hydroxylation is 2. The number of nitrogens with zero attached hydrogens (tertiary/aromatic N) is 2. The van der Waals surface area contributed by atoms with Crippen LogP contribution >= 0.6 is 0 Å². The van der Waals surface area contributed by atoms with Crippen molar-refractivity contribution in [1.82, 2.24) is 14.9 Å². The Morgan fingerprint density at radius 1 is 1.24 bits per heavy atom. The van der Waals surface area contributed by atoms with Crippen LogP contribution in [0.1, 0.15) is 48.8 Å². The van der Waals surface area contributed by atoms with Gasteiger partial charge in [0.1, 0.15) is 5.82 Å². The molecule has 1 aromatic heterocycles. The summed E-state index contributed by atoms with van der Waals surface area (Å²) in [5.41, 5.74) is 4.13. The number of hydrogen-bond donors (Lipinski definition) is 1. The van der Waals surface area contributed by atoms with Crippen molar-refractivity contribution in [1.29, 1.82) is 0 Å². The zero-order chi connectivity index (χ0) is 15.2. The molecule has 2 rings (SSSR count). The molecule has 2 aromatic rings. The van der Waals surface area contributed by atoms with Gasteiger partial charge in [-0.1, -0.05) is 32.0 Å². The molecule has 0 saturated carbocycles. The molecule has 0 aliphatic carbocycles. The average Bonchev–Trinajstić information content (AvgIpc) is 2.89. The molecule has 0 aliphatic rings. The Morgan fingerprint density at radius 2 is 2.05 bits per heavy atom. The molecule has 0 amide bonds. The van der Waals surface area contributed by atoms with Crippen LogP contribution < -0.4 is 5.32 Å². The minimum Gasteiger partial charge on any atom is -0.335 e. The van der Waals surface area contributed by atoms with Crippen molar-refractivity contribution in [2.75, 3.05) is 6.54 Å². The minimum absolute atomic E-state index is 0.327. The van der Waals surface area contributed by atoms with Crippen molar-refractivity contribution in [2.24, 2.45) is 0 Å². The fraction of sp³-hybridized carbons (Fsp3) is 0.500. The van der Waals surface area contributed by atoms with E-state index in [2.05, 4.69) is 67.0 Å². The predicted molar refractivity (Wildman–Crippen MR) is 88.6 cm³/mol. The van der Waals surface area contributed by atoms with Gasteiger partial charge in [-0.2, -0.15) is 0 Å². The second-order valence-electron chi connectivity index (χ2n) is 5.64. The average molecular weight is 285 g/mol. The minimum atomic E-state index is 0.327. The first-order chi connectivity index (χ1) is 10.2. The van der Waals surface area contributed by atoms with Gasteiger partial charge in [-0.15, -0.1) is 0 Å². The lowest BCUT2D eigenvalue weighted by atomic mass is 9.95. The summed E-state index contributed by atoms with van der Waals surface area (Å²) >= 11 is 0.